The third-order valence-corrected chi connectivity index (χ3v) is 4.78. The van der Waals surface area contributed by atoms with E-state index < -0.39 is 11.4 Å². The maximum Gasteiger partial charge on any atom is 0.308 e. The number of pyridine rings is 1. The van der Waals surface area contributed by atoms with Gasteiger partial charge in [0, 0.05) is 19.3 Å². The smallest absolute Gasteiger partial charge is 0.308 e. The van der Waals surface area contributed by atoms with Gasteiger partial charge in [0.15, 0.2) is 5.65 Å². The van der Waals surface area contributed by atoms with Crippen LogP contribution in [0.1, 0.15) is 29.9 Å². The van der Waals surface area contributed by atoms with Gasteiger partial charge in [-0.3, -0.25) is 9.59 Å². The Bertz CT molecular complexity index is 1450. The van der Waals surface area contributed by atoms with Gasteiger partial charge in [-0.05, 0) is 32.9 Å². The number of nitrogens with zero attached hydrogens (tertiary/aromatic N) is 5. The molecular weight excluding hydrogens is 424 g/mol. The molecule has 4 rings (SSSR count). The molecule has 0 aromatic carbocycles. The van der Waals surface area contributed by atoms with Crippen molar-refractivity contribution < 1.29 is 9.21 Å². The standard InChI is InChI=1S/C22H22N8O3/c1-6-22(3,4)28-19(31)14-11-24-30-17(23-5)10-16(27-18(14)30)26-15-8-7-9-29(20(15)32)21-25-13(2)12-33-21/h1,7-12,23H,2-5H3,(H,26,27)(H,28,31). The fourth-order valence-electron chi connectivity index (χ4n) is 3.08. The molecule has 0 unspecified atom stereocenters. The number of carbonyl (C=O) groups excluding carboxylic acids is 1. The van der Waals surface area contributed by atoms with Crippen molar-refractivity contribution in [2.45, 2.75) is 26.3 Å². The zero-order valence-corrected chi connectivity index (χ0v) is 18.5. The van der Waals surface area contributed by atoms with Crippen LogP contribution in [-0.4, -0.2) is 42.6 Å². The van der Waals surface area contributed by atoms with Gasteiger partial charge >= 0.3 is 6.01 Å². The molecule has 4 aromatic rings. The fourth-order valence-corrected chi connectivity index (χ4v) is 3.08. The van der Waals surface area contributed by atoms with Crippen molar-refractivity contribution in [2.24, 2.45) is 0 Å². The molecule has 0 aliphatic rings. The van der Waals surface area contributed by atoms with Crippen LogP contribution < -0.4 is 21.5 Å². The Hall–Kier alpha value is -4.59. The number of anilines is 3. The van der Waals surface area contributed by atoms with Gasteiger partial charge in [-0.2, -0.15) is 14.6 Å². The summed E-state index contributed by atoms with van der Waals surface area (Å²) in [5.41, 5.74) is 0.190. The van der Waals surface area contributed by atoms with E-state index in [1.807, 2.05) is 0 Å². The van der Waals surface area contributed by atoms with E-state index in [1.165, 1.54) is 21.5 Å². The molecule has 0 saturated heterocycles. The van der Waals surface area contributed by atoms with Crippen molar-refractivity contribution in [3.63, 3.8) is 0 Å². The van der Waals surface area contributed by atoms with Crippen molar-refractivity contribution in [1.82, 2.24) is 29.5 Å². The molecule has 168 valence electrons. The molecule has 0 saturated carbocycles. The van der Waals surface area contributed by atoms with Crippen LogP contribution in [0, 0.1) is 19.3 Å². The van der Waals surface area contributed by atoms with Gasteiger partial charge in [0.2, 0.25) is 0 Å². The maximum absolute atomic E-state index is 13.0. The number of oxazole rings is 1. The third-order valence-electron chi connectivity index (χ3n) is 4.78. The van der Waals surface area contributed by atoms with Crippen molar-refractivity contribution in [3.8, 4) is 18.4 Å². The van der Waals surface area contributed by atoms with E-state index in [2.05, 4.69) is 36.9 Å². The SMILES string of the molecule is C#CC(C)(C)NC(=O)c1cnn2c(NC)cc(Nc3cccn(-c4nc(C)co4)c3=O)nc12. The Morgan fingerprint density at radius 3 is 2.76 bits per heavy atom. The summed E-state index contributed by atoms with van der Waals surface area (Å²) < 4.78 is 8.11. The van der Waals surface area contributed by atoms with E-state index in [0.717, 1.165) is 0 Å². The van der Waals surface area contributed by atoms with Gasteiger partial charge in [-0.1, -0.05) is 5.92 Å². The van der Waals surface area contributed by atoms with Gasteiger partial charge in [0.1, 0.15) is 29.1 Å². The summed E-state index contributed by atoms with van der Waals surface area (Å²) in [6.07, 6.45) is 9.91. The number of aromatic nitrogens is 5. The van der Waals surface area contributed by atoms with Gasteiger partial charge in [-0.15, -0.1) is 6.42 Å². The summed E-state index contributed by atoms with van der Waals surface area (Å²) in [6, 6.07) is 5.12. The first-order valence-corrected chi connectivity index (χ1v) is 10.0. The van der Waals surface area contributed by atoms with E-state index in [9.17, 15) is 9.59 Å². The monoisotopic (exact) mass is 446 g/mol. The second kappa shape index (κ2) is 8.16. The van der Waals surface area contributed by atoms with Gasteiger partial charge in [0.05, 0.1) is 17.4 Å². The average Bonchev–Trinajstić information content (AvgIpc) is 3.40. The Kier molecular flexibility index (Phi) is 5.35. The van der Waals surface area contributed by atoms with Crippen LogP contribution in [0.5, 0.6) is 0 Å². The molecule has 0 spiro atoms. The summed E-state index contributed by atoms with van der Waals surface area (Å²) in [7, 11) is 1.71. The molecule has 4 aromatic heterocycles. The number of amides is 1. The highest BCUT2D eigenvalue weighted by Gasteiger charge is 2.23. The van der Waals surface area contributed by atoms with Crippen molar-refractivity contribution in [3.05, 3.63) is 58.5 Å². The van der Waals surface area contributed by atoms with E-state index in [4.69, 9.17) is 10.8 Å². The number of nitrogens with one attached hydrogen (secondary N) is 3. The summed E-state index contributed by atoms with van der Waals surface area (Å²) in [5, 5.41) is 13.0. The lowest BCUT2D eigenvalue weighted by atomic mass is 10.1. The fraction of sp³-hybridized carbons (Fsp3) is 0.227. The molecule has 0 atom stereocenters. The number of terminal acetylenes is 1. The highest BCUT2D eigenvalue weighted by atomic mass is 16.4. The number of hydrogen-bond donors (Lipinski definition) is 3. The first kappa shape index (κ1) is 21.6. The van der Waals surface area contributed by atoms with Crippen LogP contribution in [0.3, 0.4) is 0 Å². The van der Waals surface area contributed by atoms with Crippen LogP contribution in [0.25, 0.3) is 11.7 Å². The first-order valence-electron chi connectivity index (χ1n) is 10.0. The average molecular weight is 446 g/mol. The minimum absolute atomic E-state index is 0.159. The Morgan fingerprint density at radius 1 is 1.30 bits per heavy atom. The lowest BCUT2D eigenvalue weighted by Crippen LogP contribution is -2.42. The molecular formula is C22H22N8O3. The van der Waals surface area contributed by atoms with E-state index >= 15 is 0 Å². The van der Waals surface area contributed by atoms with Crippen molar-refractivity contribution in [2.75, 3.05) is 17.7 Å². The van der Waals surface area contributed by atoms with Crippen LogP contribution in [0.4, 0.5) is 17.3 Å². The normalized spacial score (nSPS) is 11.2. The molecule has 0 fully saturated rings. The molecule has 11 heteroatoms. The van der Waals surface area contributed by atoms with Crippen molar-refractivity contribution in [1.29, 1.82) is 0 Å². The summed E-state index contributed by atoms with van der Waals surface area (Å²) in [6.45, 7) is 5.19. The molecule has 3 N–H and O–H groups in total. The van der Waals surface area contributed by atoms with E-state index in [1.54, 1.807) is 52.2 Å². The zero-order chi connectivity index (χ0) is 23.8. The first-order chi connectivity index (χ1) is 15.7. The minimum atomic E-state index is -0.847. The number of carbonyl (C=O) groups is 1. The predicted molar refractivity (Wildman–Crippen MR) is 123 cm³/mol. The molecule has 0 bridgehead atoms. The van der Waals surface area contributed by atoms with Crippen LogP contribution in [-0.2, 0) is 0 Å². The topological polar surface area (TPSA) is 131 Å². The molecule has 33 heavy (non-hydrogen) atoms. The second-order valence-electron chi connectivity index (χ2n) is 7.79. The minimum Gasteiger partial charge on any atom is -0.431 e. The Labute approximate surface area is 188 Å². The van der Waals surface area contributed by atoms with Gasteiger partial charge in [-0.25, -0.2) is 9.55 Å². The van der Waals surface area contributed by atoms with Gasteiger partial charge < -0.3 is 20.4 Å². The molecule has 1 amide bonds. The molecule has 4 heterocycles. The molecule has 0 aliphatic heterocycles. The quantitative estimate of drug-likeness (QED) is 0.384. The van der Waals surface area contributed by atoms with E-state index in [-0.39, 0.29) is 28.5 Å². The Balaban J connectivity index is 1.74. The Morgan fingerprint density at radius 2 is 2.09 bits per heavy atom. The molecule has 0 aliphatic carbocycles. The lowest BCUT2D eigenvalue weighted by Gasteiger charge is -2.19. The largest absolute Gasteiger partial charge is 0.431 e. The van der Waals surface area contributed by atoms with Gasteiger partial charge in [0.25, 0.3) is 11.5 Å². The molecule has 11 nitrogen and oxygen atoms in total. The highest BCUT2D eigenvalue weighted by molar-refractivity contribution is 6.00. The van der Waals surface area contributed by atoms with Crippen LogP contribution in [0.15, 0.2) is 46.1 Å². The number of hydrogen-bond acceptors (Lipinski definition) is 8. The highest BCUT2D eigenvalue weighted by Crippen LogP contribution is 2.21. The zero-order valence-electron chi connectivity index (χ0n) is 18.5. The van der Waals surface area contributed by atoms with Crippen molar-refractivity contribution >= 4 is 28.9 Å². The second-order valence-corrected chi connectivity index (χ2v) is 7.79. The van der Waals surface area contributed by atoms with E-state index in [0.29, 0.717) is 17.3 Å². The molecule has 0 radical (unpaired) electrons. The van der Waals surface area contributed by atoms with Crippen LogP contribution >= 0.6 is 0 Å². The number of fused-ring (bicyclic) bond motifs is 1. The third kappa shape index (κ3) is 4.14. The summed E-state index contributed by atoms with van der Waals surface area (Å²) in [5.74, 6) is 2.99. The number of aryl methyl sites for hydroxylation is 1. The summed E-state index contributed by atoms with van der Waals surface area (Å²) in [4.78, 5) is 34.5. The summed E-state index contributed by atoms with van der Waals surface area (Å²) >= 11 is 0. The predicted octanol–water partition coefficient (Wildman–Crippen LogP) is 2.10. The number of rotatable bonds is 6. The van der Waals surface area contributed by atoms with Crippen LogP contribution in [0.2, 0.25) is 0 Å². The lowest BCUT2D eigenvalue weighted by molar-refractivity contribution is 0.0931. The maximum atomic E-state index is 13.0.